The summed E-state index contributed by atoms with van der Waals surface area (Å²) in [5.41, 5.74) is 1.26. The zero-order valence-electron chi connectivity index (χ0n) is 15.5. The van der Waals surface area contributed by atoms with Gasteiger partial charge < -0.3 is 10.1 Å². The number of benzene rings is 1. The van der Waals surface area contributed by atoms with Crippen LogP contribution < -0.4 is 5.32 Å². The van der Waals surface area contributed by atoms with Gasteiger partial charge in [0.2, 0.25) is 0 Å². The molecule has 2 aliphatic rings. The molecule has 27 heavy (non-hydrogen) atoms. The van der Waals surface area contributed by atoms with Gasteiger partial charge in [-0.2, -0.15) is 11.8 Å². The van der Waals surface area contributed by atoms with Crippen LogP contribution in [-0.2, 0) is 24.9 Å². The number of esters is 1. The molecule has 5 nitrogen and oxygen atoms in total. The molecule has 3 rings (SSSR count). The second kappa shape index (κ2) is 9.93. The largest absolute Gasteiger partial charge is 0.455 e. The fourth-order valence-electron chi connectivity index (χ4n) is 4.00. The number of rotatable bonds is 8. The van der Waals surface area contributed by atoms with Crippen molar-refractivity contribution in [3.63, 3.8) is 0 Å². The first kappa shape index (κ1) is 19.9. The number of hydrogen-bond donors (Lipinski definition) is 1. The number of fused-ring (bicyclic) bond motifs is 2. The summed E-state index contributed by atoms with van der Waals surface area (Å²) in [6.07, 6.45) is 4.03. The van der Waals surface area contributed by atoms with Crippen molar-refractivity contribution in [3.8, 4) is 0 Å². The molecule has 0 heterocycles. The van der Waals surface area contributed by atoms with Crippen LogP contribution >= 0.6 is 11.8 Å². The van der Waals surface area contributed by atoms with E-state index in [0.29, 0.717) is 25.2 Å². The van der Waals surface area contributed by atoms with Crippen LogP contribution in [0.1, 0.15) is 37.7 Å². The Morgan fingerprint density at radius 2 is 1.81 bits per heavy atom. The van der Waals surface area contributed by atoms with Gasteiger partial charge in [0.05, 0.1) is 5.92 Å². The summed E-state index contributed by atoms with van der Waals surface area (Å²) >= 11 is 1.75. The van der Waals surface area contributed by atoms with Gasteiger partial charge in [-0.15, -0.1) is 0 Å². The Hall–Kier alpha value is -1.82. The Balaban J connectivity index is 1.29. The van der Waals surface area contributed by atoms with Crippen LogP contribution in [0, 0.1) is 17.8 Å². The summed E-state index contributed by atoms with van der Waals surface area (Å²) in [7, 11) is 0. The first-order chi connectivity index (χ1) is 13.1. The number of thioether (sulfide) groups is 1. The molecule has 0 saturated heterocycles. The molecule has 0 spiro atoms. The highest BCUT2D eigenvalue weighted by molar-refractivity contribution is 7.98. The molecule has 1 aromatic rings. The number of hydrogen-bond acceptors (Lipinski definition) is 5. The standard InChI is InChI=1S/C21H27NO4S/c23-19(22-9-10-27-14-15-5-2-1-3-6-15)13-26-21(25)18-11-16-7-4-8-17(12-18)20(16)24/h1-3,5-6,16-18H,4,7-14H2,(H,22,23)/t16-,17+,18?. The highest BCUT2D eigenvalue weighted by Crippen LogP contribution is 2.40. The molecule has 2 fully saturated rings. The molecular formula is C21H27NO4S. The van der Waals surface area contributed by atoms with Crippen LogP contribution in [0.2, 0.25) is 0 Å². The average molecular weight is 390 g/mol. The van der Waals surface area contributed by atoms with Crippen molar-refractivity contribution in [3.05, 3.63) is 35.9 Å². The number of carbonyl (C=O) groups is 3. The van der Waals surface area contributed by atoms with Gasteiger partial charge in [0.15, 0.2) is 6.61 Å². The van der Waals surface area contributed by atoms with Gasteiger partial charge in [0, 0.05) is 29.9 Å². The SMILES string of the molecule is O=C(COC(=O)C1C[C@H]2CCC[C@@H](C1)C2=O)NCCSCc1ccccc1. The molecule has 6 heteroatoms. The quantitative estimate of drug-likeness (QED) is 0.547. The average Bonchev–Trinajstić information content (AvgIpc) is 2.66. The maximum atomic E-state index is 12.3. The van der Waals surface area contributed by atoms with Crippen LogP contribution in [0.25, 0.3) is 0 Å². The van der Waals surface area contributed by atoms with E-state index in [9.17, 15) is 14.4 Å². The molecule has 2 aliphatic carbocycles. The molecule has 146 valence electrons. The van der Waals surface area contributed by atoms with Gasteiger partial charge in [0.1, 0.15) is 5.78 Å². The van der Waals surface area contributed by atoms with Crippen molar-refractivity contribution in [2.45, 2.75) is 37.9 Å². The van der Waals surface area contributed by atoms with Gasteiger partial charge in [-0.25, -0.2) is 0 Å². The number of ketones is 1. The molecule has 2 bridgehead atoms. The van der Waals surface area contributed by atoms with E-state index in [1.807, 2.05) is 18.2 Å². The smallest absolute Gasteiger partial charge is 0.309 e. The first-order valence-electron chi connectivity index (χ1n) is 9.72. The minimum Gasteiger partial charge on any atom is -0.455 e. The summed E-state index contributed by atoms with van der Waals surface area (Å²) < 4.78 is 5.20. The molecule has 0 radical (unpaired) electrons. The normalized spacial score (nSPS) is 24.3. The summed E-state index contributed by atoms with van der Waals surface area (Å²) in [4.78, 5) is 36.2. The summed E-state index contributed by atoms with van der Waals surface area (Å²) in [6.45, 7) is 0.317. The van der Waals surface area contributed by atoms with E-state index >= 15 is 0 Å². The van der Waals surface area contributed by atoms with Gasteiger partial charge >= 0.3 is 5.97 Å². The van der Waals surface area contributed by atoms with Crippen LogP contribution in [0.5, 0.6) is 0 Å². The third-order valence-electron chi connectivity index (χ3n) is 5.41. The van der Waals surface area contributed by atoms with Gasteiger partial charge in [-0.05, 0) is 31.2 Å². The Bertz CT molecular complexity index is 647. The van der Waals surface area contributed by atoms with Crippen molar-refractivity contribution < 1.29 is 19.1 Å². The Morgan fingerprint density at radius 3 is 2.52 bits per heavy atom. The lowest BCUT2D eigenvalue weighted by Gasteiger charge is -2.36. The van der Waals surface area contributed by atoms with Crippen LogP contribution in [0.15, 0.2) is 30.3 Å². The van der Waals surface area contributed by atoms with E-state index in [2.05, 4.69) is 17.4 Å². The van der Waals surface area contributed by atoms with Gasteiger partial charge in [0.25, 0.3) is 5.91 Å². The molecule has 1 aromatic carbocycles. The summed E-state index contributed by atoms with van der Waals surface area (Å²) in [5, 5.41) is 2.78. The maximum Gasteiger partial charge on any atom is 0.309 e. The van der Waals surface area contributed by atoms with Gasteiger partial charge in [-0.3, -0.25) is 14.4 Å². The first-order valence-corrected chi connectivity index (χ1v) is 10.9. The number of ether oxygens (including phenoxy) is 1. The molecule has 1 amide bonds. The van der Waals surface area contributed by atoms with Crippen molar-refractivity contribution in [2.75, 3.05) is 18.9 Å². The summed E-state index contributed by atoms with van der Waals surface area (Å²) in [6, 6.07) is 10.2. The van der Waals surface area contributed by atoms with Crippen molar-refractivity contribution in [1.82, 2.24) is 5.32 Å². The van der Waals surface area contributed by atoms with E-state index in [1.54, 1.807) is 11.8 Å². The molecule has 1 unspecified atom stereocenters. The Kier molecular flexibility index (Phi) is 7.33. The minimum atomic E-state index is -0.326. The third-order valence-corrected chi connectivity index (χ3v) is 6.44. The minimum absolute atomic E-state index is 0.0190. The zero-order chi connectivity index (χ0) is 19.1. The lowest BCUT2D eigenvalue weighted by atomic mass is 9.67. The number of amides is 1. The molecule has 1 N–H and O–H groups in total. The second-order valence-electron chi connectivity index (χ2n) is 7.39. The molecule has 0 aromatic heterocycles. The number of Topliss-reactive ketones (excluding diaryl/α,β-unsaturated/α-hetero) is 1. The van der Waals surface area contributed by atoms with E-state index in [4.69, 9.17) is 4.74 Å². The van der Waals surface area contributed by atoms with Crippen LogP contribution in [0.4, 0.5) is 0 Å². The molecule has 0 aliphatic heterocycles. The third kappa shape index (κ3) is 5.83. The van der Waals surface area contributed by atoms with E-state index in [-0.39, 0.29) is 36.2 Å². The van der Waals surface area contributed by atoms with Gasteiger partial charge in [-0.1, -0.05) is 36.8 Å². The van der Waals surface area contributed by atoms with E-state index < -0.39 is 0 Å². The monoisotopic (exact) mass is 389 g/mol. The lowest BCUT2D eigenvalue weighted by molar-refractivity contribution is -0.156. The molecular weight excluding hydrogens is 362 g/mol. The molecule has 2 saturated carbocycles. The predicted molar refractivity (Wildman–Crippen MR) is 105 cm³/mol. The highest BCUT2D eigenvalue weighted by atomic mass is 32.2. The van der Waals surface area contributed by atoms with Crippen LogP contribution in [0.3, 0.4) is 0 Å². The Labute approximate surface area is 164 Å². The molecule has 3 atom stereocenters. The number of carbonyl (C=O) groups excluding carboxylic acids is 3. The lowest BCUT2D eigenvalue weighted by Crippen LogP contribution is -2.40. The summed E-state index contributed by atoms with van der Waals surface area (Å²) in [5.74, 6) is 1.26. The van der Waals surface area contributed by atoms with Crippen molar-refractivity contribution >= 4 is 29.4 Å². The zero-order valence-corrected chi connectivity index (χ0v) is 16.3. The van der Waals surface area contributed by atoms with E-state index in [0.717, 1.165) is 30.8 Å². The van der Waals surface area contributed by atoms with Crippen LogP contribution in [-0.4, -0.2) is 36.6 Å². The second-order valence-corrected chi connectivity index (χ2v) is 8.50. The van der Waals surface area contributed by atoms with Crippen molar-refractivity contribution in [2.24, 2.45) is 17.8 Å². The van der Waals surface area contributed by atoms with E-state index in [1.165, 1.54) is 5.56 Å². The topological polar surface area (TPSA) is 72.5 Å². The fourth-order valence-corrected chi connectivity index (χ4v) is 4.82. The fraction of sp³-hybridized carbons (Fsp3) is 0.571. The highest BCUT2D eigenvalue weighted by Gasteiger charge is 2.41. The predicted octanol–water partition coefficient (Wildman–Crippen LogP) is 2.97. The Morgan fingerprint density at radius 1 is 1.11 bits per heavy atom. The number of nitrogens with one attached hydrogen (secondary N) is 1. The van der Waals surface area contributed by atoms with Crippen molar-refractivity contribution in [1.29, 1.82) is 0 Å². The maximum absolute atomic E-state index is 12.3.